The lowest BCUT2D eigenvalue weighted by Gasteiger charge is -2.37. The van der Waals surface area contributed by atoms with Crippen molar-refractivity contribution in [2.75, 3.05) is 7.05 Å². The molecule has 0 aromatic heterocycles. The molecule has 106 valence electrons. The van der Waals surface area contributed by atoms with Crippen molar-refractivity contribution >= 4 is 11.9 Å². The second-order valence-corrected chi connectivity index (χ2v) is 5.13. The minimum absolute atomic E-state index is 0.00570. The second-order valence-electron chi connectivity index (χ2n) is 5.13. The molecule has 0 aromatic rings. The number of ketones is 1. The standard InChI is InChI=1S/C14H21NO4/c1-15-13(17)18-12-8-7-11(16)14(19-12)9-5-3-2-4-6-10-14/h7-8,12H,2-6,9-10H2,1H3,(H,15,17). The molecule has 19 heavy (non-hydrogen) atoms. The highest BCUT2D eigenvalue weighted by molar-refractivity contribution is 5.97. The SMILES string of the molecule is CNC(=O)OC1C=CC(=O)C2(CCCCCCC2)O1. The fraction of sp³-hybridized carbons (Fsp3) is 0.714. The van der Waals surface area contributed by atoms with Gasteiger partial charge >= 0.3 is 6.09 Å². The van der Waals surface area contributed by atoms with Crippen LogP contribution in [0.5, 0.6) is 0 Å². The third kappa shape index (κ3) is 3.35. The van der Waals surface area contributed by atoms with Crippen LogP contribution < -0.4 is 5.32 Å². The zero-order chi connectivity index (χ0) is 13.7. The lowest BCUT2D eigenvalue weighted by atomic mass is 9.82. The third-order valence-corrected chi connectivity index (χ3v) is 3.78. The van der Waals surface area contributed by atoms with Crippen LogP contribution in [0.4, 0.5) is 4.79 Å². The number of rotatable bonds is 1. The van der Waals surface area contributed by atoms with Crippen molar-refractivity contribution in [2.45, 2.75) is 56.8 Å². The minimum Gasteiger partial charge on any atom is -0.416 e. The fourth-order valence-electron chi connectivity index (χ4n) is 2.71. The van der Waals surface area contributed by atoms with Gasteiger partial charge < -0.3 is 14.8 Å². The van der Waals surface area contributed by atoms with Crippen molar-refractivity contribution in [1.29, 1.82) is 0 Å². The Kier molecular flexibility index (Phi) is 4.58. The van der Waals surface area contributed by atoms with Gasteiger partial charge in [-0.25, -0.2) is 4.79 Å². The van der Waals surface area contributed by atoms with E-state index in [1.165, 1.54) is 25.6 Å². The monoisotopic (exact) mass is 267 g/mol. The largest absolute Gasteiger partial charge is 0.416 e. The van der Waals surface area contributed by atoms with Crippen molar-refractivity contribution in [3.63, 3.8) is 0 Å². The first-order valence-corrected chi connectivity index (χ1v) is 6.95. The molecule has 1 unspecified atom stereocenters. The number of alkyl carbamates (subject to hydrolysis) is 1. The molecule has 1 saturated carbocycles. The number of carbonyl (C=O) groups excluding carboxylic acids is 2. The Morgan fingerprint density at radius 1 is 1.32 bits per heavy atom. The van der Waals surface area contributed by atoms with Crippen molar-refractivity contribution in [2.24, 2.45) is 0 Å². The topological polar surface area (TPSA) is 64.6 Å². The van der Waals surface area contributed by atoms with Crippen molar-refractivity contribution < 1.29 is 19.1 Å². The molecular weight excluding hydrogens is 246 g/mol. The van der Waals surface area contributed by atoms with Crippen LogP contribution in [0.2, 0.25) is 0 Å². The summed E-state index contributed by atoms with van der Waals surface area (Å²) in [6.45, 7) is 0. The van der Waals surface area contributed by atoms with Crippen molar-refractivity contribution in [3.8, 4) is 0 Å². The van der Waals surface area contributed by atoms with Gasteiger partial charge in [-0.15, -0.1) is 0 Å². The van der Waals surface area contributed by atoms with Crippen molar-refractivity contribution in [3.05, 3.63) is 12.2 Å². The first-order valence-electron chi connectivity index (χ1n) is 6.95. The molecule has 5 nitrogen and oxygen atoms in total. The van der Waals surface area contributed by atoms with Crippen molar-refractivity contribution in [1.82, 2.24) is 5.32 Å². The first-order chi connectivity index (χ1) is 9.16. The fourth-order valence-corrected chi connectivity index (χ4v) is 2.71. The van der Waals surface area contributed by atoms with Gasteiger partial charge in [0.2, 0.25) is 6.29 Å². The Balaban J connectivity index is 2.08. The lowest BCUT2D eigenvalue weighted by Crippen LogP contribution is -2.47. The van der Waals surface area contributed by atoms with Crippen LogP contribution in [0.25, 0.3) is 0 Å². The number of carbonyl (C=O) groups is 2. The average molecular weight is 267 g/mol. The van der Waals surface area contributed by atoms with E-state index in [1.54, 1.807) is 0 Å². The smallest absolute Gasteiger partial charge is 0.409 e. The molecule has 1 fully saturated rings. The van der Waals surface area contributed by atoms with Crippen LogP contribution in [0.3, 0.4) is 0 Å². The van der Waals surface area contributed by atoms with E-state index in [9.17, 15) is 9.59 Å². The summed E-state index contributed by atoms with van der Waals surface area (Å²) in [5.74, 6) is 0.00570. The van der Waals surface area contributed by atoms with Crippen LogP contribution in [0, 0.1) is 0 Å². The number of hydrogen-bond donors (Lipinski definition) is 1. The predicted octanol–water partition coefficient (Wildman–Crippen LogP) is 2.31. The summed E-state index contributed by atoms with van der Waals surface area (Å²) in [6.07, 6.45) is 8.54. The van der Waals surface area contributed by atoms with Gasteiger partial charge in [0.1, 0.15) is 5.60 Å². The molecule has 5 heteroatoms. The molecule has 1 amide bonds. The van der Waals surface area contributed by atoms with Crippen LogP contribution in [-0.4, -0.2) is 30.8 Å². The highest BCUT2D eigenvalue weighted by Crippen LogP contribution is 2.34. The summed E-state index contributed by atoms with van der Waals surface area (Å²) in [5, 5.41) is 2.38. The van der Waals surface area contributed by atoms with E-state index >= 15 is 0 Å². The van der Waals surface area contributed by atoms with Gasteiger partial charge in [-0.2, -0.15) is 0 Å². The first kappa shape index (κ1) is 14.1. The number of nitrogens with one attached hydrogen (secondary N) is 1. The lowest BCUT2D eigenvalue weighted by molar-refractivity contribution is -0.184. The van der Waals surface area contributed by atoms with Gasteiger partial charge in [-0.1, -0.05) is 32.1 Å². The van der Waals surface area contributed by atoms with Gasteiger partial charge in [-0.05, 0) is 25.0 Å². The average Bonchev–Trinajstić information content (AvgIpc) is 2.38. The quantitative estimate of drug-likeness (QED) is 0.791. The summed E-state index contributed by atoms with van der Waals surface area (Å²) >= 11 is 0. The van der Waals surface area contributed by atoms with Gasteiger partial charge in [0, 0.05) is 7.05 Å². The van der Waals surface area contributed by atoms with Gasteiger partial charge in [0.15, 0.2) is 5.78 Å². The molecule has 1 atom stereocenters. The Labute approximate surface area is 113 Å². The number of amides is 1. The molecule has 0 aromatic carbocycles. The summed E-state index contributed by atoms with van der Waals surface area (Å²) in [4.78, 5) is 23.4. The summed E-state index contributed by atoms with van der Waals surface area (Å²) in [7, 11) is 1.49. The maximum Gasteiger partial charge on any atom is 0.409 e. The van der Waals surface area contributed by atoms with E-state index in [0.29, 0.717) is 12.8 Å². The molecule has 0 bridgehead atoms. The Morgan fingerprint density at radius 3 is 2.58 bits per heavy atom. The summed E-state index contributed by atoms with van der Waals surface area (Å²) in [6, 6.07) is 0. The molecule has 1 N–H and O–H groups in total. The van der Waals surface area contributed by atoms with Gasteiger partial charge in [-0.3, -0.25) is 4.79 Å². The zero-order valence-corrected chi connectivity index (χ0v) is 11.3. The van der Waals surface area contributed by atoms with Crippen LogP contribution in [0.15, 0.2) is 12.2 Å². The molecule has 0 saturated heterocycles. The van der Waals surface area contributed by atoms with Crippen LogP contribution >= 0.6 is 0 Å². The van der Waals surface area contributed by atoms with Crippen LogP contribution in [0.1, 0.15) is 44.9 Å². The number of hydrogen-bond acceptors (Lipinski definition) is 4. The Hall–Kier alpha value is -1.36. The minimum atomic E-state index is -0.784. The van der Waals surface area contributed by atoms with E-state index in [2.05, 4.69) is 5.32 Å². The van der Waals surface area contributed by atoms with Crippen LogP contribution in [-0.2, 0) is 14.3 Å². The van der Waals surface area contributed by atoms with E-state index in [0.717, 1.165) is 25.7 Å². The maximum absolute atomic E-state index is 12.2. The van der Waals surface area contributed by atoms with Gasteiger partial charge in [0.05, 0.1) is 0 Å². The molecule has 1 spiro atoms. The Bertz CT molecular complexity index is 370. The van der Waals surface area contributed by atoms with E-state index < -0.39 is 18.0 Å². The van der Waals surface area contributed by atoms with Gasteiger partial charge in [0.25, 0.3) is 0 Å². The molecular formula is C14H21NO4. The summed E-state index contributed by atoms with van der Waals surface area (Å²) in [5.41, 5.74) is -0.784. The molecule has 2 aliphatic rings. The molecule has 1 aliphatic heterocycles. The normalized spacial score (nSPS) is 26.6. The van der Waals surface area contributed by atoms with E-state index in [-0.39, 0.29) is 5.78 Å². The molecule has 2 rings (SSSR count). The second kappa shape index (κ2) is 6.19. The van der Waals surface area contributed by atoms with E-state index in [4.69, 9.17) is 9.47 Å². The molecule has 1 aliphatic carbocycles. The maximum atomic E-state index is 12.2. The predicted molar refractivity (Wildman–Crippen MR) is 69.6 cm³/mol. The van der Waals surface area contributed by atoms with E-state index in [1.807, 2.05) is 0 Å². The molecule has 1 heterocycles. The highest BCUT2D eigenvalue weighted by atomic mass is 16.7. The zero-order valence-electron chi connectivity index (χ0n) is 11.3. The number of ether oxygens (including phenoxy) is 2. The highest BCUT2D eigenvalue weighted by Gasteiger charge is 2.42. The molecule has 0 radical (unpaired) electrons. The third-order valence-electron chi connectivity index (χ3n) is 3.78. The Morgan fingerprint density at radius 2 is 1.95 bits per heavy atom. The summed E-state index contributed by atoms with van der Waals surface area (Å²) < 4.78 is 10.9.